The number of hydrogen-bond donors (Lipinski definition) is 2. The van der Waals surface area contributed by atoms with Crippen LogP contribution in [-0.2, 0) is 0 Å². The van der Waals surface area contributed by atoms with Gasteiger partial charge in [0.05, 0.1) is 15.2 Å². The molecule has 21 heavy (non-hydrogen) atoms. The molecule has 2 N–H and O–H groups in total. The maximum atomic E-state index is 13.1. The van der Waals surface area contributed by atoms with Crippen molar-refractivity contribution in [3.63, 3.8) is 0 Å². The molecule has 0 unspecified atom stereocenters. The van der Waals surface area contributed by atoms with Crippen LogP contribution in [0.4, 0.5) is 10.1 Å². The van der Waals surface area contributed by atoms with E-state index in [9.17, 15) is 14.0 Å². The lowest BCUT2D eigenvalue weighted by Crippen LogP contribution is -2.15. The minimum absolute atomic E-state index is 0.0144. The molecule has 0 aliphatic carbocycles. The van der Waals surface area contributed by atoms with Crippen LogP contribution < -0.4 is 5.32 Å². The zero-order chi connectivity index (χ0) is 15.6. The average molecular weight is 373 g/mol. The highest BCUT2D eigenvalue weighted by molar-refractivity contribution is 9.10. The van der Waals surface area contributed by atoms with Gasteiger partial charge >= 0.3 is 5.97 Å². The number of benzene rings is 2. The molecule has 0 aliphatic rings. The number of carboxylic acid groups (broad SMARTS) is 1. The summed E-state index contributed by atoms with van der Waals surface area (Å²) in [5.41, 5.74) is 0.0498. The molecule has 0 saturated heterocycles. The first-order valence-corrected chi connectivity index (χ1v) is 6.85. The van der Waals surface area contributed by atoms with Crippen molar-refractivity contribution in [1.82, 2.24) is 0 Å². The van der Waals surface area contributed by atoms with Gasteiger partial charge in [0.25, 0.3) is 5.91 Å². The Kier molecular flexibility index (Phi) is 4.59. The molecule has 0 atom stereocenters. The molecule has 0 spiro atoms. The molecule has 1 amide bonds. The third-order valence-electron chi connectivity index (χ3n) is 2.66. The molecule has 0 bridgehead atoms. The molecule has 2 aromatic rings. The van der Waals surface area contributed by atoms with Crippen molar-refractivity contribution in [1.29, 1.82) is 0 Å². The second-order valence-corrected chi connectivity index (χ2v) is 5.31. The Bertz CT molecular complexity index is 736. The van der Waals surface area contributed by atoms with Crippen LogP contribution in [0.1, 0.15) is 20.7 Å². The third kappa shape index (κ3) is 3.40. The lowest BCUT2D eigenvalue weighted by atomic mass is 10.1. The van der Waals surface area contributed by atoms with Gasteiger partial charge in [0.2, 0.25) is 0 Å². The minimum atomic E-state index is -1.25. The lowest BCUT2D eigenvalue weighted by Gasteiger charge is -2.10. The van der Waals surface area contributed by atoms with Crippen molar-refractivity contribution in [2.24, 2.45) is 0 Å². The summed E-state index contributed by atoms with van der Waals surface area (Å²) < 4.78 is 13.3. The molecule has 0 radical (unpaired) electrons. The third-order valence-corrected chi connectivity index (χ3v) is 3.58. The Morgan fingerprint density at radius 1 is 1.24 bits per heavy atom. The van der Waals surface area contributed by atoms with E-state index in [1.807, 2.05) is 0 Å². The Balaban J connectivity index is 2.34. The molecule has 0 aromatic heterocycles. The van der Waals surface area contributed by atoms with Gasteiger partial charge in [-0.2, -0.15) is 0 Å². The number of carboxylic acids is 1. The second-order valence-electron chi connectivity index (χ2n) is 4.05. The smallest absolute Gasteiger partial charge is 0.339 e. The van der Waals surface area contributed by atoms with Gasteiger partial charge in [-0.05, 0) is 46.3 Å². The minimum Gasteiger partial charge on any atom is -0.478 e. The summed E-state index contributed by atoms with van der Waals surface area (Å²) in [6, 6.07) is 8.08. The summed E-state index contributed by atoms with van der Waals surface area (Å²) in [6.45, 7) is 0. The topological polar surface area (TPSA) is 66.4 Å². The largest absolute Gasteiger partial charge is 0.478 e. The number of aromatic carboxylic acids is 1. The Hall–Kier alpha value is -1.92. The first kappa shape index (κ1) is 15.5. The summed E-state index contributed by atoms with van der Waals surface area (Å²) in [5, 5.41) is 11.6. The molecule has 0 aliphatic heterocycles. The van der Waals surface area contributed by atoms with Crippen LogP contribution in [0.2, 0.25) is 5.02 Å². The van der Waals surface area contributed by atoms with Gasteiger partial charge in [-0.25, -0.2) is 9.18 Å². The van der Waals surface area contributed by atoms with Gasteiger partial charge in [0.15, 0.2) is 0 Å². The number of carbonyl (C=O) groups excluding carboxylic acids is 1. The van der Waals surface area contributed by atoms with E-state index < -0.39 is 17.7 Å². The molecule has 108 valence electrons. The van der Waals surface area contributed by atoms with E-state index in [4.69, 9.17) is 16.7 Å². The lowest BCUT2D eigenvalue weighted by molar-refractivity contribution is 0.0698. The average Bonchev–Trinajstić information content (AvgIpc) is 2.41. The molecular weight excluding hydrogens is 365 g/mol. The van der Waals surface area contributed by atoms with Crippen molar-refractivity contribution in [2.45, 2.75) is 0 Å². The first-order chi connectivity index (χ1) is 9.90. The molecule has 4 nitrogen and oxygen atoms in total. The Morgan fingerprint density at radius 3 is 2.57 bits per heavy atom. The molecule has 7 heteroatoms. The maximum Gasteiger partial charge on any atom is 0.339 e. The van der Waals surface area contributed by atoms with Gasteiger partial charge in [-0.15, -0.1) is 0 Å². The number of amides is 1. The standard InChI is InChI=1S/C14H8BrClFNO3/c15-8-6-7(4-5-10(8)17)13(19)18-11-3-1-2-9(16)12(11)14(20)21/h1-6H,(H,18,19)(H,20,21). The number of halogens is 3. The predicted octanol–water partition coefficient (Wildman–Crippen LogP) is 4.19. The summed E-state index contributed by atoms with van der Waals surface area (Å²) >= 11 is 8.79. The van der Waals surface area contributed by atoms with Crippen molar-refractivity contribution >= 4 is 45.1 Å². The van der Waals surface area contributed by atoms with E-state index >= 15 is 0 Å². The number of anilines is 1. The second kappa shape index (κ2) is 6.24. The number of carbonyl (C=O) groups is 2. The Labute approximate surface area is 132 Å². The summed E-state index contributed by atoms with van der Waals surface area (Å²) in [5.74, 6) is -2.32. The van der Waals surface area contributed by atoms with Crippen LogP contribution in [0.25, 0.3) is 0 Å². The first-order valence-electron chi connectivity index (χ1n) is 5.68. The fourth-order valence-corrected chi connectivity index (χ4v) is 2.31. The van der Waals surface area contributed by atoms with Gasteiger partial charge < -0.3 is 10.4 Å². The maximum absolute atomic E-state index is 13.1. The van der Waals surface area contributed by atoms with Crippen molar-refractivity contribution in [3.05, 3.63) is 62.8 Å². The highest BCUT2D eigenvalue weighted by Gasteiger charge is 2.17. The summed E-state index contributed by atoms with van der Waals surface area (Å²) in [6.07, 6.45) is 0. The van der Waals surface area contributed by atoms with E-state index in [0.717, 1.165) is 6.07 Å². The van der Waals surface area contributed by atoms with Crippen LogP contribution in [0.15, 0.2) is 40.9 Å². The fourth-order valence-electron chi connectivity index (χ4n) is 1.68. The normalized spacial score (nSPS) is 10.2. The van der Waals surface area contributed by atoms with E-state index in [1.165, 1.54) is 30.3 Å². The molecular formula is C14H8BrClFNO3. The van der Waals surface area contributed by atoms with E-state index in [0.29, 0.717) is 0 Å². The zero-order valence-corrected chi connectivity index (χ0v) is 12.7. The van der Waals surface area contributed by atoms with Gasteiger partial charge in [0.1, 0.15) is 11.4 Å². The fraction of sp³-hybridized carbons (Fsp3) is 0. The molecule has 0 heterocycles. The van der Waals surface area contributed by atoms with E-state index in [1.54, 1.807) is 0 Å². The van der Waals surface area contributed by atoms with Crippen LogP contribution in [0.5, 0.6) is 0 Å². The molecule has 2 aromatic carbocycles. The van der Waals surface area contributed by atoms with Crippen LogP contribution in [0, 0.1) is 5.82 Å². The highest BCUT2D eigenvalue weighted by Crippen LogP contribution is 2.25. The van der Waals surface area contributed by atoms with Crippen LogP contribution in [0.3, 0.4) is 0 Å². The molecule has 0 saturated carbocycles. The monoisotopic (exact) mass is 371 g/mol. The number of rotatable bonds is 3. The van der Waals surface area contributed by atoms with E-state index in [2.05, 4.69) is 21.2 Å². The van der Waals surface area contributed by atoms with E-state index in [-0.39, 0.29) is 26.3 Å². The van der Waals surface area contributed by atoms with Gasteiger partial charge in [-0.1, -0.05) is 17.7 Å². The highest BCUT2D eigenvalue weighted by atomic mass is 79.9. The van der Waals surface area contributed by atoms with Gasteiger partial charge in [-0.3, -0.25) is 4.79 Å². The van der Waals surface area contributed by atoms with Gasteiger partial charge in [0, 0.05) is 5.56 Å². The summed E-state index contributed by atoms with van der Waals surface area (Å²) in [4.78, 5) is 23.2. The number of hydrogen-bond acceptors (Lipinski definition) is 2. The van der Waals surface area contributed by atoms with Crippen LogP contribution in [-0.4, -0.2) is 17.0 Å². The number of nitrogens with one attached hydrogen (secondary N) is 1. The zero-order valence-electron chi connectivity index (χ0n) is 10.4. The summed E-state index contributed by atoms with van der Waals surface area (Å²) in [7, 11) is 0. The van der Waals surface area contributed by atoms with Crippen molar-refractivity contribution in [3.8, 4) is 0 Å². The SMILES string of the molecule is O=C(Nc1cccc(Cl)c1C(=O)O)c1ccc(F)c(Br)c1. The predicted molar refractivity (Wildman–Crippen MR) is 80.5 cm³/mol. The van der Waals surface area contributed by atoms with Crippen LogP contribution >= 0.6 is 27.5 Å². The molecule has 2 rings (SSSR count). The Morgan fingerprint density at radius 2 is 1.95 bits per heavy atom. The molecule has 0 fully saturated rings. The van der Waals surface area contributed by atoms with Crippen molar-refractivity contribution in [2.75, 3.05) is 5.32 Å². The van der Waals surface area contributed by atoms with Crippen molar-refractivity contribution < 1.29 is 19.1 Å². The quantitative estimate of drug-likeness (QED) is 0.849.